The number of halogens is 1. The smallest absolute Gasteiger partial charge is 0.408 e. The predicted molar refractivity (Wildman–Crippen MR) is 109 cm³/mol. The van der Waals surface area contributed by atoms with Crippen LogP contribution in [0.25, 0.3) is 22.6 Å². The van der Waals surface area contributed by atoms with Crippen LogP contribution in [0.4, 0.5) is 4.39 Å². The lowest BCUT2D eigenvalue weighted by atomic mass is 10.1. The third-order valence-electron chi connectivity index (χ3n) is 5.54. The summed E-state index contributed by atoms with van der Waals surface area (Å²) in [7, 11) is 0. The van der Waals surface area contributed by atoms with Gasteiger partial charge < -0.3 is 13.8 Å². The van der Waals surface area contributed by atoms with E-state index in [0.29, 0.717) is 16.7 Å². The molecule has 0 N–H and O–H groups in total. The summed E-state index contributed by atoms with van der Waals surface area (Å²) in [5.41, 5.74) is -0.0728. The number of carbonyl (C=O) groups is 1. The van der Waals surface area contributed by atoms with Gasteiger partial charge in [0.1, 0.15) is 0 Å². The first-order valence-electron chi connectivity index (χ1n) is 9.98. The molecule has 0 radical (unpaired) electrons. The highest BCUT2D eigenvalue weighted by atomic mass is 19.1. The van der Waals surface area contributed by atoms with Crippen LogP contribution in [0, 0.1) is 0 Å². The molecule has 0 bridgehead atoms. The molecule has 1 saturated heterocycles. The average molecular weight is 422 g/mol. The number of rotatable bonds is 5. The molecule has 8 nitrogen and oxygen atoms in total. The van der Waals surface area contributed by atoms with Crippen LogP contribution in [0.15, 0.2) is 68.3 Å². The first kappa shape index (κ1) is 19.2. The molecule has 1 amide bonds. The number of nitrogens with zero attached hydrogens (tertiary/aromatic N) is 4. The number of hydrogen-bond acceptors (Lipinski definition) is 6. The van der Waals surface area contributed by atoms with Crippen LogP contribution in [0.2, 0.25) is 0 Å². The fraction of sp³-hybridized carbons (Fsp3) is 0.273. The molecule has 1 atom stereocenters. The summed E-state index contributed by atoms with van der Waals surface area (Å²) in [5, 5.41) is 3.82. The quantitative estimate of drug-likeness (QED) is 0.491. The number of hydrogen-bond donors (Lipinski definition) is 0. The maximum absolute atomic E-state index is 15.5. The van der Waals surface area contributed by atoms with Crippen LogP contribution >= 0.6 is 0 Å². The van der Waals surface area contributed by atoms with Crippen molar-refractivity contribution in [2.24, 2.45) is 0 Å². The Hall–Kier alpha value is -3.75. The van der Waals surface area contributed by atoms with Gasteiger partial charge in [0.25, 0.3) is 5.89 Å². The van der Waals surface area contributed by atoms with Crippen molar-refractivity contribution < 1.29 is 18.1 Å². The molecule has 1 fully saturated rings. The van der Waals surface area contributed by atoms with Gasteiger partial charge in [-0.2, -0.15) is 4.98 Å². The fourth-order valence-corrected chi connectivity index (χ4v) is 3.86. The standard InChI is InChI=1S/C22H19FN4O4/c23-22(20-24-19(31-25-20)15-6-2-1-3-7-15)11-13-26(14-22)18(28)10-12-27-16-8-4-5-9-17(16)30-21(27)29/h1-9H,10-14H2. The molecule has 31 heavy (non-hydrogen) atoms. The molecule has 1 aliphatic heterocycles. The molecule has 9 heteroatoms. The van der Waals surface area contributed by atoms with Gasteiger partial charge in [-0.25, -0.2) is 9.18 Å². The first-order valence-corrected chi connectivity index (χ1v) is 9.98. The Morgan fingerprint density at radius 2 is 1.90 bits per heavy atom. The topological polar surface area (TPSA) is 94.4 Å². The van der Waals surface area contributed by atoms with Crippen molar-refractivity contribution >= 4 is 17.0 Å². The molecular formula is C22H19FN4O4. The minimum absolute atomic E-state index is 0.0566. The highest BCUT2D eigenvalue weighted by molar-refractivity contribution is 5.77. The Balaban J connectivity index is 1.27. The molecule has 0 spiro atoms. The Morgan fingerprint density at radius 1 is 1.13 bits per heavy atom. The predicted octanol–water partition coefficient (Wildman–Crippen LogP) is 3.13. The summed E-state index contributed by atoms with van der Waals surface area (Å²) in [4.78, 5) is 30.4. The second-order valence-electron chi connectivity index (χ2n) is 7.56. The van der Waals surface area contributed by atoms with E-state index < -0.39 is 11.4 Å². The van der Waals surface area contributed by atoms with Gasteiger partial charge in [-0.3, -0.25) is 9.36 Å². The van der Waals surface area contributed by atoms with Crippen molar-refractivity contribution in [2.75, 3.05) is 13.1 Å². The van der Waals surface area contributed by atoms with Crippen molar-refractivity contribution in [3.8, 4) is 11.5 Å². The molecule has 0 aliphatic carbocycles. The van der Waals surface area contributed by atoms with Gasteiger partial charge in [-0.1, -0.05) is 35.5 Å². The van der Waals surface area contributed by atoms with Crippen molar-refractivity contribution in [2.45, 2.75) is 25.1 Å². The highest BCUT2D eigenvalue weighted by Gasteiger charge is 2.45. The normalized spacial score (nSPS) is 18.7. The summed E-state index contributed by atoms with van der Waals surface area (Å²) in [5.74, 6) is -0.582. The zero-order valence-corrected chi connectivity index (χ0v) is 16.5. The zero-order valence-electron chi connectivity index (χ0n) is 16.5. The van der Waals surface area contributed by atoms with E-state index in [2.05, 4.69) is 10.1 Å². The van der Waals surface area contributed by atoms with E-state index in [4.69, 9.17) is 8.94 Å². The first-order chi connectivity index (χ1) is 15.0. The van der Waals surface area contributed by atoms with Crippen molar-refractivity contribution in [3.63, 3.8) is 0 Å². The van der Waals surface area contributed by atoms with Gasteiger partial charge in [-0.05, 0) is 24.3 Å². The lowest BCUT2D eigenvalue weighted by Gasteiger charge is -2.18. The van der Waals surface area contributed by atoms with E-state index in [9.17, 15) is 9.59 Å². The summed E-state index contributed by atoms with van der Waals surface area (Å²) >= 11 is 0. The third kappa shape index (κ3) is 3.52. The van der Waals surface area contributed by atoms with Crippen molar-refractivity contribution in [1.29, 1.82) is 0 Å². The molecule has 4 aromatic rings. The number of carbonyl (C=O) groups excluding carboxylic acids is 1. The molecule has 0 saturated carbocycles. The third-order valence-corrected chi connectivity index (χ3v) is 5.54. The second-order valence-corrected chi connectivity index (χ2v) is 7.56. The van der Waals surface area contributed by atoms with E-state index in [0.717, 1.165) is 0 Å². The number of aryl methyl sites for hydroxylation is 1. The second kappa shape index (κ2) is 7.50. The van der Waals surface area contributed by atoms with Gasteiger partial charge in [0, 0.05) is 31.5 Å². The molecule has 158 valence electrons. The molecule has 3 heterocycles. The molecular weight excluding hydrogens is 403 g/mol. The maximum Gasteiger partial charge on any atom is 0.419 e. The van der Waals surface area contributed by atoms with Crippen LogP contribution in [-0.4, -0.2) is 38.6 Å². The number of likely N-dealkylation sites (tertiary alicyclic amines) is 1. The highest BCUT2D eigenvalue weighted by Crippen LogP contribution is 2.35. The van der Waals surface area contributed by atoms with E-state index >= 15 is 4.39 Å². The van der Waals surface area contributed by atoms with Gasteiger partial charge in [0.05, 0.1) is 12.1 Å². The number of para-hydroxylation sites is 2. The van der Waals surface area contributed by atoms with Gasteiger partial charge in [-0.15, -0.1) is 0 Å². The van der Waals surface area contributed by atoms with Crippen LogP contribution in [0.3, 0.4) is 0 Å². The number of alkyl halides is 1. The summed E-state index contributed by atoms with van der Waals surface area (Å²) in [6.07, 6.45) is 0.141. The summed E-state index contributed by atoms with van der Waals surface area (Å²) < 4.78 is 27.3. The molecule has 1 aliphatic rings. The summed E-state index contributed by atoms with van der Waals surface area (Å²) in [6, 6.07) is 16.1. The van der Waals surface area contributed by atoms with E-state index in [1.54, 1.807) is 36.4 Å². The fourth-order valence-electron chi connectivity index (χ4n) is 3.86. The Labute approximate surface area is 175 Å². The monoisotopic (exact) mass is 422 g/mol. The van der Waals surface area contributed by atoms with Crippen LogP contribution < -0.4 is 5.76 Å². The molecule has 1 unspecified atom stereocenters. The zero-order chi connectivity index (χ0) is 21.4. The van der Waals surface area contributed by atoms with E-state index in [-0.39, 0.29) is 50.1 Å². The van der Waals surface area contributed by atoms with Crippen molar-refractivity contribution in [1.82, 2.24) is 19.6 Å². The molecule has 5 rings (SSSR count). The van der Waals surface area contributed by atoms with E-state index in [1.807, 2.05) is 18.2 Å². The Morgan fingerprint density at radius 3 is 2.74 bits per heavy atom. The molecule has 2 aromatic carbocycles. The minimum atomic E-state index is -1.87. The molecule has 2 aromatic heterocycles. The van der Waals surface area contributed by atoms with E-state index in [1.165, 1.54) is 9.47 Å². The maximum atomic E-state index is 15.5. The van der Waals surface area contributed by atoms with Crippen LogP contribution in [0.5, 0.6) is 0 Å². The summed E-state index contributed by atoms with van der Waals surface area (Å²) in [6.45, 7) is 0.247. The van der Waals surface area contributed by atoms with Crippen LogP contribution in [-0.2, 0) is 17.0 Å². The lowest BCUT2D eigenvalue weighted by Crippen LogP contribution is -2.33. The SMILES string of the molecule is O=C(CCn1c(=O)oc2ccccc21)N1CCC(F)(c2noc(-c3ccccc3)n2)C1. The number of fused-ring (bicyclic) bond motifs is 1. The number of aromatic nitrogens is 3. The number of oxazole rings is 1. The Bertz CT molecular complexity index is 1300. The van der Waals surface area contributed by atoms with Gasteiger partial charge >= 0.3 is 5.76 Å². The number of amides is 1. The average Bonchev–Trinajstić information content (AvgIpc) is 3.50. The van der Waals surface area contributed by atoms with Crippen molar-refractivity contribution in [3.05, 3.63) is 71.0 Å². The number of benzene rings is 2. The largest absolute Gasteiger partial charge is 0.419 e. The lowest BCUT2D eigenvalue weighted by molar-refractivity contribution is -0.131. The Kier molecular flexibility index (Phi) is 4.65. The van der Waals surface area contributed by atoms with Crippen LogP contribution in [0.1, 0.15) is 18.7 Å². The minimum Gasteiger partial charge on any atom is -0.408 e. The van der Waals surface area contributed by atoms with Gasteiger partial charge in [0.15, 0.2) is 11.3 Å². The van der Waals surface area contributed by atoms with Gasteiger partial charge in [0.2, 0.25) is 11.7 Å².